The summed E-state index contributed by atoms with van der Waals surface area (Å²) < 4.78 is 1.57. The van der Waals surface area contributed by atoms with Gasteiger partial charge in [-0.2, -0.15) is 20.1 Å². The lowest BCUT2D eigenvalue weighted by Gasteiger charge is -2.34. The average Bonchev–Trinajstić information content (AvgIpc) is 2.95. The Hall–Kier alpha value is -1.69. The number of hydrogen-bond donors (Lipinski definition) is 1. The van der Waals surface area contributed by atoms with E-state index in [0.29, 0.717) is 23.4 Å². The second kappa shape index (κ2) is 5.60. The Morgan fingerprint density at radius 3 is 2.67 bits per heavy atom. The molecular formula is C14H19ClN6. The van der Waals surface area contributed by atoms with E-state index in [9.17, 15) is 0 Å². The van der Waals surface area contributed by atoms with E-state index < -0.39 is 0 Å². The normalized spacial score (nSPS) is 18.6. The maximum atomic E-state index is 5.99. The van der Waals surface area contributed by atoms with Gasteiger partial charge in [0.2, 0.25) is 11.2 Å². The number of nitrogens with zero attached hydrogens (tertiary/aromatic N) is 5. The molecule has 6 nitrogen and oxygen atoms in total. The predicted octanol–water partition coefficient (Wildman–Crippen LogP) is 3.09. The molecule has 112 valence electrons. The predicted molar refractivity (Wildman–Crippen MR) is 81.6 cm³/mol. The molecule has 0 radical (unpaired) electrons. The molecule has 1 saturated carbocycles. The molecule has 2 aromatic rings. The van der Waals surface area contributed by atoms with Gasteiger partial charge in [0.05, 0.1) is 0 Å². The van der Waals surface area contributed by atoms with Crippen molar-refractivity contribution in [1.29, 1.82) is 0 Å². The second-order valence-corrected chi connectivity index (χ2v) is 6.60. The summed E-state index contributed by atoms with van der Waals surface area (Å²) in [5.41, 5.74) is 0.440. The molecule has 1 N–H and O–H groups in total. The minimum absolute atomic E-state index is 0.175. The number of rotatable bonds is 3. The third kappa shape index (κ3) is 3.50. The molecule has 2 heterocycles. The van der Waals surface area contributed by atoms with Gasteiger partial charge in [0.15, 0.2) is 0 Å². The van der Waals surface area contributed by atoms with Crippen LogP contribution in [0.1, 0.15) is 39.5 Å². The minimum atomic E-state index is 0.175. The lowest BCUT2D eigenvalue weighted by atomic mass is 9.76. The highest BCUT2D eigenvalue weighted by Crippen LogP contribution is 2.35. The topological polar surface area (TPSA) is 68.5 Å². The maximum absolute atomic E-state index is 5.99. The molecule has 0 atom stereocenters. The molecule has 0 spiro atoms. The molecule has 0 unspecified atom stereocenters. The van der Waals surface area contributed by atoms with Gasteiger partial charge in [-0.1, -0.05) is 13.8 Å². The van der Waals surface area contributed by atoms with Crippen LogP contribution in [0.25, 0.3) is 5.95 Å². The highest BCUT2D eigenvalue weighted by atomic mass is 35.5. The van der Waals surface area contributed by atoms with Gasteiger partial charge in [-0.15, -0.1) is 0 Å². The number of halogens is 1. The summed E-state index contributed by atoms with van der Waals surface area (Å²) in [6, 6.07) is 2.20. The average molecular weight is 307 g/mol. The maximum Gasteiger partial charge on any atom is 0.256 e. The van der Waals surface area contributed by atoms with Gasteiger partial charge in [0.1, 0.15) is 0 Å². The van der Waals surface area contributed by atoms with Gasteiger partial charge >= 0.3 is 0 Å². The van der Waals surface area contributed by atoms with Crippen molar-refractivity contribution in [3.05, 3.63) is 23.7 Å². The van der Waals surface area contributed by atoms with E-state index in [1.54, 1.807) is 17.1 Å². The highest BCUT2D eigenvalue weighted by Gasteiger charge is 2.27. The molecule has 0 saturated heterocycles. The van der Waals surface area contributed by atoms with Crippen LogP contribution in [0.5, 0.6) is 0 Å². The molecule has 0 aliphatic heterocycles. The van der Waals surface area contributed by atoms with Crippen LogP contribution in [-0.4, -0.2) is 30.8 Å². The fraction of sp³-hybridized carbons (Fsp3) is 0.571. The van der Waals surface area contributed by atoms with Crippen molar-refractivity contribution >= 4 is 17.5 Å². The van der Waals surface area contributed by atoms with E-state index in [1.807, 2.05) is 6.07 Å². The SMILES string of the molecule is CC1(C)CCC(Nc2nc(Cl)nc(-n3cccn3)n2)CC1. The van der Waals surface area contributed by atoms with Gasteiger partial charge in [-0.3, -0.25) is 0 Å². The Morgan fingerprint density at radius 1 is 1.24 bits per heavy atom. The Kier molecular flexibility index (Phi) is 3.80. The summed E-state index contributed by atoms with van der Waals surface area (Å²) in [5, 5.41) is 7.66. The largest absolute Gasteiger partial charge is 0.351 e. The highest BCUT2D eigenvalue weighted by molar-refractivity contribution is 6.28. The van der Waals surface area contributed by atoms with Crippen LogP contribution in [0.15, 0.2) is 18.5 Å². The fourth-order valence-corrected chi connectivity index (χ4v) is 2.78. The van der Waals surface area contributed by atoms with Crippen molar-refractivity contribution in [2.75, 3.05) is 5.32 Å². The first kappa shape index (κ1) is 14.3. The van der Waals surface area contributed by atoms with Gasteiger partial charge in [0, 0.05) is 18.4 Å². The number of anilines is 1. The standard InChI is InChI=1S/C14H19ClN6/c1-14(2)6-4-10(5-7-14)17-12-18-11(15)19-13(20-12)21-9-3-8-16-21/h3,8-10H,4-7H2,1-2H3,(H,17,18,19,20). The van der Waals surface area contributed by atoms with Gasteiger partial charge < -0.3 is 5.32 Å². The van der Waals surface area contributed by atoms with Crippen LogP contribution in [0, 0.1) is 5.41 Å². The fourth-order valence-electron chi connectivity index (χ4n) is 2.62. The molecule has 0 aromatic carbocycles. The van der Waals surface area contributed by atoms with Crippen molar-refractivity contribution in [1.82, 2.24) is 24.7 Å². The Morgan fingerprint density at radius 2 is 2.00 bits per heavy atom. The van der Waals surface area contributed by atoms with E-state index in [-0.39, 0.29) is 5.28 Å². The number of aromatic nitrogens is 5. The van der Waals surface area contributed by atoms with E-state index in [0.717, 1.165) is 12.8 Å². The second-order valence-electron chi connectivity index (χ2n) is 6.26. The summed E-state index contributed by atoms with van der Waals surface area (Å²) in [6.45, 7) is 4.64. The number of nitrogens with one attached hydrogen (secondary N) is 1. The summed E-state index contributed by atoms with van der Waals surface area (Å²) >= 11 is 5.99. The Bertz CT molecular complexity index is 600. The van der Waals surface area contributed by atoms with Crippen LogP contribution in [0.3, 0.4) is 0 Å². The van der Waals surface area contributed by atoms with Crippen LogP contribution in [0.2, 0.25) is 5.28 Å². The lowest BCUT2D eigenvalue weighted by molar-refractivity contribution is 0.232. The lowest BCUT2D eigenvalue weighted by Crippen LogP contribution is -2.30. The zero-order valence-electron chi connectivity index (χ0n) is 12.3. The minimum Gasteiger partial charge on any atom is -0.351 e. The summed E-state index contributed by atoms with van der Waals surface area (Å²) in [7, 11) is 0. The van der Waals surface area contributed by atoms with Crippen LogP contribution in [-0.2, 0) is 0 Å². The van der Waals surface area contributed by atoms with E-state index >= 15 is 0 Å². The molecule has 7 heteroatoms. The van der Waals surface area contributed by atoms with Crippen LogP contribution < -0.4 is 5.32 Å². The zero-order chi connectivity index (χ0) is 14.9. The first-order valence-corrected chi connectivity index (χ1v) is 7.58. The Labute approximate surface area is 129 Å². The number of hydrogen-bond acceptors (Lipinski definition) is 5. The van der Waals surface area contributed by atoms with E-state index in [1.165, 1.54) is 12.8 Å². The van der Waals surface area contributed by atoms with Crippen molar-refractivity contribution in [2.24, 2.45) is 5.41 Å². The smallest absolute Gasteiger partial charge is 0.256 e. The van der Waals surface area contributed by atoms with Gasteiger partial charge in [-0.25, -0.2) is 4.68 Å². The Balaban J connectivity index is 1.74. The molecule has 21 heavy (non-hydrogen) atoms. The quantitative estimate of drug-likeness (QED) is 0.943. The first-order chi connectivity index (χ1) is 10.0. The zero-order valence-corrected chi connectivity index (χ0v) is 13.0. The van der Waals surface area contributed by atoms with E-state index in [2.05, 4.69) is 39.2 Å². The van der Waals surface area contributed by atoms with Crippen LogP contribution >= 0.6 is 11.6 Å². The van der Waals surface area contributed by atoms with Crippen molar-refractivity contribution < 1.29 is 0 Å². The van der Waals surface area contributed by atoms with Crippen molar-refractivity contribution in [3.63, 3.8) is 0 Å². The molecule has 1 aliphatic rings. The molecule has 1 aliphatic carbocycles. The third-order valence-electron chi connectivity index (χ3n) is 3.98. The van der Waals surface area contributed by atoms with Crippen LogP contribution in [0.4, 0.5) is 5.95 Å². The monoisotopic (exact) mass is 306 g/mol. The van der Waals surface area contributed by atoms with Crippen molar-refractivity contribution in [3.8, 4) is 5.95 Å². The first-order valence-electron chi connectivity index (χ1n) is 7.20. The van der Waals surface area contributed by atoms with Crippen molar-refractivity contribution in [2.45, 2.75) is 45.6 Å². The third-order valence-corrected chi connectivity index (χ3v) is 4.15. The molecule has 1 fully saturated rings. The summed E-state index contributed by atoms with van der Waals surface area (Å²) in [5.74, 6) is 0.948. The van der Waals surface area contributed by atoms with Gasteiger partial charge in [-0.05, 0) is 48.8 Å². The van der Waals surface area contributed by atoms with E-state index in [4.69, 9.17) is 11.6 Å². The summed E-state index contributed by atoms with van der Waals surface area (Å²) in [4.78, 5) is 12.7. The summed E-state index contributed by atoms with van der Waals surface area (Å²) in [6.07, 6.45) is 8.10. The molecule has 0 amide bonds. The molecule has 0 bridgehead atoms. The molecule has 3 rings (SSSR count). The van der Waals surface area contributed by atoms with Gasteiger partial charge in [0.25, 0.3) is 5.95 Å². The molecular weight excluding hydrogens is 288 g/mol. The molecule has 2 aromatic heterocycles.